The van der Waals surface area contributed by atoms with Gasteiger partial charge in [0.15, 0.2) is 0 Å². The van der Waals surface area contributed by atoms with Gasteiger partial charge in [-0.3, -0.25) is 4.79 Å². The Morgan fingerprint density at radius 1 is 0.971 bits per heavy atom. The second kappa shape index (κ2) is 10.2. The Morgan fingerprint density at radius 2 is 1.60 bits per heavy atom. The smallest absolute Gasteiger partial charge is 0.416 e. The van der Waals surface area contributed by atoms with Crippen molar-refractivity contribution in [1.82, 2.24) is 9.80 Å². The fourth-order valence-electron chi connectivity index (χ4n) is 5.00. The molecule has 4 rings (SSSR count). The number of aryl methyl sites for hydroxylation is 1. The Bertz CT molecular complexity index is 1050. The quantitative estimate of drug-likeness (QED) is 0.629. The zero-order valence-electron chi connectivity index (χ0n) is 19.7. The van der Waals surface area contributed by atoms with E-state index in [0.29, 0.717) is 44.7 Å². The number of nitrogens with one attached hydrogen (secondary N) is 1. The van der Waals surface area contributed by atoms with Crippen LogP contribution in [0.2, 0.25) is 0 Å². The molecule has 2 aliphatic rings. The number of anilines is 1. The first-order valence-corrected chi connectivity index (χ1v) is 11.8. The number of amides is 3. The number of ether oxygens (including phenoxy) is 1. The molecule has 0 aliphatic carbocycles. The maximum absolute atomic E-state index is 12.8. The van der Waals surface area contributed by atoms with Crippen LogP contribution in [0.3, 0.4) is 0 Å². The fourth-order valence-corrected chi connectivity index (χ4v) is 5.00. The normalized spacial score (nSPS) is 17.5. The van der Waals surface area contributed by atoms with Crippen molar-refractivity contribution in [3.63, 3.8) is 0 Å². The number of carbonyl (C=O) groups excluding carboxylic acids is 2. The minimum atomic E-state index is -4.41. The van der Waals surface area contributed by atoms with Crippen LogP contribution in [0.25, 0.3) is 0 Å². The van der Waals surface area contributed by atoms with Gasteiger partial charge in [0.05, 0.1) is 12.7 Å². The number of piperidine rings is 1. The Morgan fingerprint density at radius 3 is 2.23 bits per heavy atom. The van der Waals surface area contributed by atoms with Gasteiger partial charge < -0.3 is 19.9 Å². The molecule has 3 amide bonds. The van der Waals surface area contributed by atoms with Gasteiger partial charge in [-0.05, 0) is 67.0 Å². The van der Waals surface area contributed by atoms with Crippen molar-refractivity contribution in [1.29, 1.82) is 0 Å². The molecule has 35 heavy (non-hydrogen) atoms. The molecule has 6 nitrogen and oxygen atoms in total. The molecule has 2 saturated heterocycles. The van der Waals surface area contributed by atoms with Crippen LogP contribution in [-0.2, 0) is 17.4 Å². The summed E-state index contributed by atoms with van der Waals surface area (Å²) in [6.07, 6.45) is -0.836. The van der Waals surface area contributed by atoms with Crippen molar-refractivity contribution >= 4 is 17.6 Å². The van der Waals surface area contributed by atoms with E-state index in [1.165, 1.54) is 12.1 Å². The van der Waals surface area contributed by atoms with Crippen molar-refractivity contribution < 1.29 is 27.5 Å². The van der Waals surface area contributed by atoms with Gasteiger partial charge >= 0.3 is 12.2 Å². The summed E-state index contributed by atoms with van der Waals surface area (Å²) in [7, 11) is 1.62. The van der Waals surface area contributed by atoms with E-state index in [1.807, 2.05) is 29.2 Å². The maximum atomic E-state index is 12.8. The number of likely N-dealkylation sites (tertiary alicyclic amines) is 2. The molecule has 2 aromatic carbocycles. The summed E-state index contributed by atoms with van der Waals surface area (Å²) in [5, 5.41) is 2.70. The van der Waals surface area contributed by atoms with Crippen LogP contribution in [0.4, 0.5) is 23.7 Å². The number of rotatable bonds is 5. The van der Waals surface area contributed by atoms with Gasteiger partial charge in [0.25, 0.3) is 0 Å². The number of hydrogen-bond acceptors (Lipinski definition) is 3. The van der Waals surface area contributed by atoms with Crippen molar-refractivity contribution in [2.75, 3.05) is 38.6 Å². The Hall–Kier alpha value is -3.23. The summed E-state index contributed by atoms with van der Waals surface area (Å²) in [5.41, 5.74) is 0.582. The Labute approximate surface area is 203 Å². The lowest BCUT2D eigenvalue weighted by Gasteiger charge is -2.39. The molecule has 0 bridgehead atoms. The average Bonchev–Trinajstić information content (AvgIpc) is 3.26. The number of carbonyl (C=O) groups is 2. The highest BCUT2D eigenvalue weighted by molar-refractivity contribution is 5.89. The van der Waals surface area contributed by atoms with E-state index in [2.05, 4.69) is 5.32 Å². The van der Waals surface area contributed by atoms with Crippen LogP contribution in [-0.4, -0.2) is 55.0 Å². The van der Waals surface area contributed by atoms with Crippen LogP contribution in [0, 0.1) is 5.41 Å². The molecule has 1 N–H and O–H groups in total. The molecular formula is C26H30F3N3O3. The molecule has 2 heterocycles. The molecule has 0 radical (unpaired) electrons. The molecule has 2 aromatic rings. The van der Waals surface area contributed by atoms with Gasteiger partial charge in [0, 0.05) is 38.3 Å². The molecule has 2 aliphatic heterocycles. The van der Waals surface area contributed by atoms with Gasteiger partial charge in [0.2, 0.25) is 5.91 Å². The first-order chi connectivity index (χ1) is 16.7. The summed E-state index contributed by atoms with van der Waals surface area (Å²) in [5.74, 6) is 0.916. The van der Waals surface area contributed by atoms with Crippen LogP contribution >= 0.6 is 0 Å². The first-order valence-electron chi connectivity index (χ1n) is 11.8. The minimum absolute atomic E-state index is 0.0170. The van der Waals surface area contributed by atoms with Crippen molar-refractivity contribution in [3.05, 3.63) is 59.7 Å². The van der Waals surface area contributed by atoms with E-state index in [9.17, 15) is 22.8 Å². The number of benzene rings is 2. The summed E-state index contributed by atoms with van der Waals surface area (Å²) in [4.78, 5) is 29.1. The maximum Gasteiger partial charge on any atom is 0.416 e. The number of methoxy groups -OCH3 is 1. The highest BCUT2D eigenvalue weighted by Crippen LogP contribution is 2.40. The molecule has 188 valence electrons. The summed E-state index contributed by atoms with van der Waals surface area (Å²) in [6, 6.07) is 11.9. The predicted molar refractivity (Wildman–Crippen MR) is 126 cm³/mol. The summed E-state index contributed by atoms with van der Waals surface area (Å²) in [6.45, 7) is 2.51. The molecule has 0 atom stereocenters. The number of hydrogen-bond donors (Lipinski definition) is 1. The van der Waals surface area contributed by atoms with E-state index >= 15 is 0 Å². The lowest BCUT2D eigenvalue weighted by atomic mass is 9.77. The van der Waals surface area contributed by atoms with Crippen LogP contribution in [0.5, 0.6) is 5.75 Å². The van der Waals surface area contributed by atoms with Crippen LogP contribution < -0.4 is 10.1 Å². The molecule has 0 saturated carbocycles. The van der Waals surface area contributed by atoms with Gasteiger partial charge in [-0.2, -0.15) is 13.2 Å². The van der Waals surface area contributed by atoms with E-state index < -0.39 is 11.7 Å². The third-order valence-electron chi connectivity index (χ3n) is 7.17. The standard InChI is InChI=1S/C26H30F3N3O3/c1-35-22-5-3-2-4-19(22)6-11-23(33)31-15-12-25(13-16-31)14-17-32(18-25)24(34)30-21-9-7-20(8-10-21)26(27,28)29/h2-5,7-10H,6,11-18H2,1H3,(H,30,34). The van der Waals surface area contributed by atoms with Crippen molar-refractivity contribution in [3.8, 4) is 5.75 Å². The molecule has 0 unspecified atom stereocenters. The molecule has 9 heteroatoms. The predicted octanol–water partition coefficient (Wildman–Crippen LogP) is 5.19. The van der Waals surface area contributed by atoms with E-state index in [1.54, 1.807) is 12.0 Å². The van der Waals surface area contributed by atoms with Gasteiger partial charge in [0.1, 0.15) is 5.75 Å². The summed E-state index contributed by atoms with van der Waals surface area (Å²) < 4.78 is 43.6. The van der Waals surface area contributed by atoms with Gasteiger partial charge in [-0.25, -0.2) is 4.79 Å². The number of halogens is 3. The van der Waals surface area contributed by atoms with Gasteiger partial charge in [-0.15, -0.1) is 0 Å². The first kappa shape index (κ1) is 24.9. The molecule has 1 spiro atoms. The number of urea groups is 1. The highest BCUT2D eigenvalue weighted by Gasteiger charge is 2.42. The SMILES string of the molecule is COc1ccccc1CCC(=O)N1CCC2(CC1)CCN(C(=O)Nc1ccc(C(F)(F)F)cc1)C2. The molecule has 0 aromatic heterocycles. The highest BCUT2D eigenvalue weighted by atomic mass is 19.4. The minimum Gasteiger partial charge on any atom is -0.496 e. The largest absolute Gasteiger partial charge is 0.496 e. The fraction of sp³-hybridized carbons (Fsp3) is 0.462. The van der Waals surface area contributed by atoms with Crippen molar-refractivity contribution in [2.24, 2.45) is 5.41 Å². The second-order valence-electron chi connectivity index (χ2n) is 9.37. The third kappa shape index (κ3) is 5.89. The monoisotopic (exact) mass is 489 g/mol. The Balaban J connectivity index is 1.25. The van der Waals surface area contributed by atoms with Crippen LogP contribution in [0.1, 0.15) is 36.8 Å². The van der Waals surface area contributed by atoms with Gasteiger partial charge in [-0.1, -0.05) is 18.2 Å². The number of alkyl halides is 3. The lowest BCUT2D eigenvalue weighted by Crippen LogP contribution is -2.45. The topological polar surface area (TPSA) is 61.9 Å². The molecular weight excluding hydrogens is 459 g/mol. The molecule has 2 fully saturated rings. The average molecular weight is 490 g/mol. The zero-order chi connectivity index (χ0) is 25.1. The lowest BCUT2D eigenvalue weighted by molar-refractivity contribution is -0.137. The van der Waals surface area contributed by atoms with E-state index in [4.69, 9.17) is 4.74 Å². The zero-order valence-corrected chi connectivity index (χ0v) is 19.7. The van der Waals surface area contributed by atoms with Crippen molar-refractivity contribution in [2.45, 2.75) is 38.3 Å². The third-order valence-corrected chi connectivity index (χ3v) is 7.17. The Kier molecular flexibility index (Phi) is 7.23. The number of nitrogens with zero attached hydrogens (tertiary/aromatic N) is 2. The number of para-hydroxylation sites is 1. The van der Waals surface area contributed by atoms with Crippen LogP contribution in [0.15, 0.2) is 48.5 Å². The van der Waals surface area contributed by atoms with E-state index in [-0.39, 0.29) is 17.4 Å². The van der Waals surface area contributed by atoms with E-state index in [0.717, 1.165) is 42.7 Å². The second-order valence-corrected chi connectivity index (χ2v) is 9.37. The summed E-state index contributed by atoms with van der Waals surface area (Å²) >= 11 is 0.